The molecule has 0 radical (unpaired) electrons. The quantitative estimate of drug-likeness (QED) is 0.939. The summed E-state index contributed by atoms with van der Waals surface area (Å²) in [6, 6.07) is 10.1. The number of rotatable bonds is 3. The Balaban J connectivity index is 0.00000147. The van der Waals surface area contributed by atoms with Crippen molar-refractivity contribution < 1.29 is 4.52 Å². The zero-order valence-corrected chi connectivity index (χ0v) is 12.1. The number of hydrogen-bond acceptors (Lipinski definition) is 5. The smallest absolute Gasteiger partial charge is 0.241 e. The number of hydrogen-bond donors (Lipinski definition) is 1. The number of benzene rings is 1. The minimum absolute atomic E-state index is 0. The molecule has 6 heteroatoms. The molecule has 0 aliphatic carbocycles. The van der Waals surface area contributed by atoms with Crippen molar-refractivity contribution in [3.63, 3.8) is 0 Å². The van der Waals surface area contributed by atoms with Crippen molar-refractivity contribution in [3.05, 3.63) is 36.2 Å². The summed E-state index contributed by atoms with van der Waals surface area (Å²) in [6.07, 6.45) is 2.25. The molecule has 1 aliphatic rings. The van der Waals surface area contributed by atoms with Gasteiger partial charge in [0.15, 0.2) is 0 Å². The molecule has 1 aromatic carbocycles. The number of aromatic nitrogens is 2. The van der Waals surface area contributed by atoms with Crippen LogP contribution in [0.25, 0.3) is 11.4 Å². The highest BCUT2D eigenvalue weighted by Crippen LogP contribution is 2.17. The first kappa shape index (κ1) is 15.0. The fraction of sp³-hybridized carbons (Fsp3) is 0.429. The van der Waals surface area contributed by atoms with Crippen molar-refractivity contribution in [2.24, 2.45) is 5.73 Å². The van der Waals surface area contributed by atoms with Crippen molar-refractivity contribution in [3.8, 4) is 11.4 Å². The Bertz CT molecular complexity index is 531. The maximum Gasteiger partial charge on any atom is 0.241 e. The third kappa shape index (κ3) is 3.56. The molecule has 20 heavy (non-hydrogen) atoms. The van der Waals surface area contributed by atoms with E-state index in [-0.39, 0.29) is 18.4 Å². The predicted octanol–water partition coefficient (Wildman–Crippen LogP) is 2.08. The number of likely N-dealkylation sites (tertiary alicyclic amines) is 1. The second kappa shape index (κ2) is 6.83. The predicted molar refractivity (Wildman–Crippen MR) is 79.5 cm³/mol. The Morgan fingerprint density at radius 3 is 2.85 bits per heavy atom. The number of halogens is 1. The van der Waals surface area contributed by atoms with Gasteiger partial charge in [-0.1, -0.05) is 35.5 Å². The molecule has 1 atom stereocenters. The molecule has 5 nitrogen and oxygen atoms in total. The van der Waals surface area contributed by atoms with E-state index >= 15 is 0 Å². The fourth-order valence-electron chi connectivity index (χ4n) is 2.45. The van der Waals surface area contributed by atoms with E-state index in [4.69, 9.17) is 10.3 Å². The SMILES string of the molecule is Cl.N[C@@H]1CCCN(Cc2nc(-c3ccccc3)no2)C1. The van der Waals surface area contributed by atoms with E-state index in [0.29, 0.717) is 18.3 Å². The Morgan fingerprint density at radius 1 is 1.30 bits per heavy atom. The molecule has 0 saturated carbocycles. The van der Waals surface area contributed by atoms with Crippen LogP contribution in [0, 0.1) is 0 Å². The topological polar surface area (TPSA) is 68.2 Å². The van der Waals surface area contributed by atoms with Crippen LogP contribution in [0.15, 0.2) is 34.9 Å². The molecular weight excluding hydrogens is 276 g/mol. The number of nitrogens with zero attached hydrogens (tertiary/aromatic N) is 3. The van der Waals surface area contributed by atoms with E-state index in [9.17, 15) is 0 Å². The molecule has 1 saturated heterocycles. The Labute approximate surface area is 124 Å². The van der Waals surface area contributed by atoms with Crippen molar-refractivity contribution >= 4 is 12.4 Å². The van der Waals surface area contributed by atoms with Gasteiger partial charge in [0, 0.05) is 18.2 Å². The van der Waals surface area contributed by atoms with Gasteiger partial charge in [-0.3, -0.25) is 4.90 Å². The van der Waals surface area contributed by atoms with Crippen LogP contribution in [0.2, 0.25) is 0 Å². The van der Waals surface area contributed by atoms with E-state index in [1.54, 1.807) is 0 Å². The average Bonchev–Trinajstić information content (AvgIpc) is 2.88. The molecule has 3 rings (SSSR count). The van der Waals surface area contributed by atoms with Crippen LogP contribution in [0.5, 0.6) is 0 Å². The summed E-state index contributed by atoms with van der Waals surface area (Å²) in [5.74, 6) is 1.31. The van der Waals surface area contributed by atoms with Crippen molar-refractivity contribution in [1.82, 2.24) is 15.0 Å². The first-order chi connectivity index (χ1) is 9.31. The monoisotopic (exact) mass is 294 g/mol. The highest BCUT2D eigenvalue weighted by Gasteiger charge is 2.19. The highest BCUT2D eigenvalue weighted by molar-refractivity contribution is 5.85. The molecule has 0 spiro atoms. The van der Waals surface area contributed by atoms with Gasteiger partial charge in [-0.05, 0) is 19.4 Å². The van der Waals surface area contributed by atoms with Crippen LogP contribution >= 0.6 is 12.4 Å². The highest BCUT2D eigenvalue weighted by atomic mass is 35.5. The molecule has 0 amide bonds. The molecule has 0 unspecified atom stereocenters. The van der Waals surface area contributed by atoms with Crippen LogP contribution in [0.1, 0.15) is 18.7 Å². The third-order valence-corrected chi connectivity index (χ3v) is 3.40. The maximum atomic E-state index is 5.97. The average molecular weight is 295 g/mol. The normalized spacial score (nSPS) is 19.6. The van der Waals surface area contributed by atoms with Gasteiger partial charge >= 0.3 is 0 Å². The van der Waals surface area contributed by atoms with Crippen LogP contribution in [-0.4, -0.2) is 34.2 Å². The van der Waals surface area contributed by atoms with E-state index in [1.165, 1.54) is 0 Å². The first-order valence-corrected chi connectivity index (χ1v) is 6.67. The van der Waals surface area contributed by atoms with E-state index in [0.717, 1.165) is 31.5 Å². The van der Waals surface area contributed by atoms with E-state index in [1.807, 2.05) is 30.3 Å². The summed E-state index contributed by atoms with van der Waals surface area (Å²) in [4.78, 5) is 6.71. The van der Waals surface area contributed by atoms with Crippen molar-refractivity contribution in [2.75, 3.05) is 13.1 Å². The Hall–Kier alpha value is -1.43. The van der Waals surface area contributed by atoms with Gasteiger partial charge in [0.05, 0.1) is 6.54 Å². The molecule has 2 heterocycles. The lowest BCUT2D eigenvalue weighted by Gasteiger charge is -2.29. The van der Waals surface area contributed by atoms with Crippen molar-refractivity contribution in [1.29, 1.82) is 0 Å². The largest absolute Gasteiger partial charge is 0.338 e. The fourth-order valence-corrected chi connectivity index (χ4v) is 2.45. The van der Waals surface area contributed by atoms with Gasteiger partial charge in [-0.25, -0.2) is 0 Å². The zero-order valence-electron chi connectivity index (χ0n) is 11.2. The van der Waals surface area contributed by atoms with Crippen LogP contribution in [0.4, 0.5) is 0 Å². The summed E-state index contributed by atoms with van der Waals surface area (Å²) < 4.78 is 5.31. The molecule has 0 bridgehead atoms. The van der Waals surface area contributed by atoms with Crippen LogP contribution < -0.4 is 5.73 Å². The Kier molecular flexibility index (Phi) is 5.11. The minimum atomic E-state index is 0. The van der Waals surface area contributed by atoms with Gasteiger partial charge in [-0.2, -0.15) is 4.98 Å². The Morgan fingerprint density at radius 2 is 2.10 bits per heavy atom. The summed E-state index contributed by atoms with van der Waals surface area (Å²) in [5.41, 5.74) is 6.95. The molecule has 1 aromatic heterocycles. The summed E-state index contributed by atoms with van der Waals surface area (Å²) >= 11 is 0. The van der Waals surface area contributed by atoms with Crippen molar-refractivity contribution in [2.45, 2.75) is 25.4 Å². The first-order valence-electron chi connectivity index (χ1n) is 6.67. The van der Waals surface area contributed by atoms with E-state index in [2.05, 4.69) is 15.0 Å². The lowest BCUT2D eigenvalue weighted by atomic mass is 10.1. The molecular formula is C14H19ClN4O. The van der Waals surface area contributed by atoms with Gasteiger partial charge in [0.1, 0.15) is 0 Å². The van der Waals surface area contributed by atoms with Gasteiger partial charge in [0.2, 0.25) is 11.7 Å². The molecule has 2 aromatic rings. The summed E-state index contributed by atoms with van der Waals surface area (Å²) in [6.45, 7) is 2.65. The van der Waals surface area contributed by atoms with Crippen LogP contribution in [0.3, 0.4) is 0 Å². The lowest BCUT2D eigenvalue weighted by molar-refractivity contribution is 0.178. The molecule has 1 aliphatic heterocycles. The second-order valence-electron chi connectivity index (χ2n) is 5.02. The molecule has 2 N–H and O–H groups in total. The number of nitrogens with two attached hydrogens (primary N) is 1. The molecule has 1 fully saturated rings. The minimum Gasteiger partial charge on any atom is -0.338 e. The summed E-state index contributed by atoms with van der Waals surface area (Å²) in [7, 11) is 0. The van der Waals surface area contributed by atoms with Gasteiger partial charge in [0.25, 0.3) is 0 Å². The standard InChI is InChI=1S/C14H18N4O.ClH/c15-12-7-4-8-18(9-12)10-13-16-14(17-19-13)11-5-2-1-3-6-11;/h1-3,5-6,12H,4,7-10,15H2;1H/t12-;/m1./s1. The second-order valence-corrected chi connectivity index (χ2v) is 5.02. The zero-order chi connectivity index (χ0) is 13.1. The van der Waals surface area contributed by atoms with Crippen LogP contribution in [-0.2, 0) is 6.54 Å². The van der Waals surface area contributed by atoms with Gasteiger partial charge in [-0.15, -0.1) is 12.4 Å². The maximum absolute atomic E-state index is 5.97. The summed E-state index contributed by atoms with van der Waals surface area (Å²) in [5, 5.41) is 4.03. The lowest BCUT2D eigenvalue weighted by Crippen LogP contribution is -2.42. The number of piperidine rings is 1. The molecule has 108 valence electrons. The third-order valence-electron chi connectivity index (χ3n) is 3.40. The van der Waals surface area contributed by atoms with E-state index < -0.39 is 0 Å². The van der Waals surface area contributed by atoms with Gasteiger partial charge < -0.3 is 10.3 Å².